The third-order valence-corrected chi connectivity index (χ3v) is 5.02. The molecule has 2 fully saturated rings. The number of carbonyl (C=O) groups excluding carboxylic acids is 1. The largest absolute Gasteiger partial charge is 0.480 e. The molecule has 5 nitrogen and oxygen atoms in total. The van der Waals surface area contributed by atoms with E-state index in [-0.39, 0.29) is 10.8 Å². The number of hydrogen-bond acceptors (Lipinski definition) is 3. The maximum absolute atomic E-state index is 11.9. The molecule has 0 aromatic rings. The van der Waals surface area contributed by atoms with E-state index in [1.54, 1.807) is 11.8 Å². The van der Waals surface area contributed by atoms with Crippen LogP contribution in [0.3, 0.4) is 0 Å². The van der Waals surface area contributed by atoms with E-state index in [1.807, 2.05) is 0 Å². The number of hydrogen-bond donors (Lipinski definition) is 2. The van der Waals surface area contributed by atoms with Crippen molar-refractivity contribution in [1.29, 1.82) is 0 Å². The molecule has 1 heterocycles. The highest BCUT2D eigenvalue weighted by molar-refractivity contribution is 8.00. The number of urea groups is 1. The van der Waals surface area contributed by atoms with E-state index in [4.69, 9.17) is 5.11 Å². The molecule has 1 atom stereocenters. The second kappa shape index (κ2) is 4.76. The Kier molecular flexibility index (Phi) is 3.51. The van der Waals surface area contributed by atoms with Crippen LogP contribution in [0.4, 0.5) is 4.79 Å². The van der Waals surface area contributed by atoms with Crippen molar-refractivity contribution in [2.45, 2.75) is 36.5 Å². The SMILES string of the molecule is CSC1(CNC(=O)N2CCC[C@H]2C(=O)O)CC1. The molecule has 0 spiro atoms. The van der Waals surface area contributed by atoms with Crippen molar-refractivity contribution in [1.82, 2.24) is 10.2 Å². The van der Waals surface area contributed by atoms with Gasteiger partial charge in [0.1, 0.15) is 6.04 Å². The van der Waals surface area contributed by atoms with Crippen LogP contribution in [0.15, 0.2) is 0 Å². The zero-order valence-corrected chi connectivity index (χ0v) is 10.8. The Labute approximate surface area is 105 Å². The van der Waals surface area contributed by atoms with Crippen LogP contribution in [0.5, 0.6) is 0 Å². The van der Waals surface area contributed by atoms with Gasteiger partial charge < -0.3 is 15.3 Å². The molecule has 2 amide bonds. The topological polar surface area (TPSA) is 69.6 Å². The number of carboxylic acid groups (broad SMARTS) is 1. The van der Waals surface area contributed by atoms with Gasteiger partial charge in [-0.15, -0.1) is 0 Å². The quantitative estimate of drug-likeness (QED) is 0.793. The molecule has 1 saturated carbocycles. The molecule has 1 aliphatic heterocycles. The van der Waals surface area contributed by atoms with Crippen LogP contribution in [-0.4, -0.2) is 52.1 Å². The summed E-state index contributed by atoms with van der Waals surface area (Å²) in [4.78, 5) is 24.3. The molecule has 6 heteroatoms. The predicted octanol–water partition coefficient (Wildman–Crippen LogP) is 1.14. The lowest BCUT2D eigenvalue weighted by molar-refractivity contribution is -0.141. The Balaban J connectivity index is 1.85. The lowest BCUT2D eigenvalue weighted by Crippen LogP contribution is -2.47. The van der Waals surface area contributed by atoms with Crippen LogP contribution in [0.2, 0.25) is 0 Å². The number of aliphatic carboxylic acids is 1. The van der Waals surface area contributed by atoms with Crippen molar-refractivity contribution in [2.24, 2.45) is 0 Å². The third kappa shape index (κ3) is 2.68. The van der Waals surface area contributed by atoms with Gasteiger partial charge >= 0.3 is 12.0 Å². The molecule has 2 rings (SSSR count). The third-order valence-electron chi connectivity index (χ3n) is 3.60. The van der Waals surface area contributed by atoms with Gasteiger partial charge in [-0.3, -0.25) is 0 Å². The lowest BCUT2D eigenvalue weighted by atomic mass is 10.2. The number of nitrogens with one attached hydrogen (secondary N) is 1. The number of thioether (sulfide) groups is 1. The standard InChI is InChI=1S/C11H18N2O3S/c1-17-11(4-5-11)7-12-10(16)13-6-2-3-8(13)9(14)15/h8H,2-7H2,1H3,(H,12,16)(H,14,15)/t8-/m0/s1. The Bertz CT molecular complexity index is 331. The summed E-state index contributed by atoms with van der Waals surface area (Å²) < 4.78 is 0.216. The molecule has 1 aliphatic carbocycles. The number of carboxylic acids is 1. The van der Waals surface area contributed by atoms with Crippen molar-refractivity contribution < 1.29 is 14.7 Å². The zero-order valence-electron chi connectivity index (χ0n) is 9.94. The number of rotatable bonds is 4. The van der Waals surface area contributed by atoms with E-state index in [0.29, 0.717) is 19.5 Å². The van der Waals surface area contributed by atoms with E-state index < -0.39 is 12.0 Å². The Morgan fingerprint density at radius 3 is 2.76 bits per heavy atom. The van der Waals surface area contributed by atoms with Crippen LogP contribution in [0.25, 0.3) is 0 Å². The highest BCUT2D eigenvalue weighted by Gasteiger charge is 2.43. The molecule has 96 valence electrons. The van der Waals surface area contributed by atoms with Gasteiger partial charge in [0.05, 0.1) is 0 Å². The van der Waals surface area contributed by atoms with E-state index in [0.717, 1.165) is 19.3 Å². The van der Waals surface area contributed by atoms with E-state index in [2.05, 4.69) is 11.6 Å². The fraction of sp³-hybridized carbons (Fsp3) is 0.818. The number of likely N-dealkylation sites (tertiary alicyclic amines) is 1. The average Bonchev–Trinajstić information content (AvgIpc) is 2.91. The Morgan fingerprint density at radius 2 is 2.24 bits per heavy atom. The van der Waals surface area contributed by atoms with Crippen LogP contribution in [-0.2, 0) is 4.79 Å². The van der Waals surface area contributed by atoms with E-state index in [1.165, 1.54) is 4.90 Å². The second-order valence-corrected chi connectivity index (χ2v) is 6.01. The molecule has 0 radical (unpaired) electrons. The van der Waals surface area contributed by atoms with Crippen LogP contribution >= 0.6 is 11.8 Å². The Hall–Kier alpha value is -0.910. The smallest absolute Gasteiger partial charge is 0.326 e. The number of nitrogens with zero attached hydrogens (tertiary/aromatic N) is 1. The molecule has 1 saturated heterocycles. The van der Waals surface area contributed by atoms with Crippen LogP contribution in [0.1, 0.15) is 25.7 Å². The molecule has 17 heavy (non-hydrogen) atoms. The van der Waals surface area contributed by atoms with Gasteiger partial charge in [-0.2, -0.15) is 11.8 Å². The molecular formula is C11H18N2O3S. The maximum atomic E-state index is 11.9. The average molecular weight is 258 g/mol. The first-order valence-corrected chi connectivity index (χ1v) is 7.13. The number of amides is 2. The minimum atomic E-state index is -0.899. The van der Waals surface area contributed by atoms with Crippen molar-refractivity contribution in [3.05, 3.63) is 0 Å². The molecule has 2 aliphatic rings. The van der Waals surface area contributed by atoms with Crippen molar-refractivity contribution >= 4 is 23.8 Å². The number of carbonyl (C=O) groups is 2. The normalized spacial score (nSPS) is 25.7. The van der Waals surface area contributed by atoms with Gasteiger partial charge in [0.15, 0.2) is 0 Å². The van der Waals surface area contributed by atoms with E-state index >= 15 is 0 Å². The predicted molar refractivity (Wildman–Crippen MR) is 66.2 cm³/mol. The molecule has 0 aromatic heterocycles. The highest BCUT2D eigenvalue weighted by atomic mass is 32.2. The summed E-state index contributed by atoms with van der Waals surface area (Å²) in [5.74, 6) is -0.899. The molecule has 0 bridgehead atoms. The summed E-state index contributed by atoms with van der Waals surface area (Å²) in [7, 11) is 0. The highest BCUT2D eigenvalue weighted by Crippen LogP contribution is 2.46. The summed E-state index contributed by atoms with van der Waals surface area (Å²) in [6.45, 7) is 1.20. The second-order valence-electron chi connectivity index (χ2n) is 4.74. The van der Waals surface area contributed by atoms with Crippen LogP contribution < -0.4 is 5.32 Å². The minimum Gasteiger partial charge on any atom is -0.480 e. The molecule has 2 N–H and O–H groups in total. The first-order valence-electron chi connectivity index (χ1n) is 5.90. The molecular weight excluding hydrogens is 240 g/mol. The first-order chi connectivity index (χ1) is 8.08. The fourth-order valence-electron chi connectivity index (χ4n) is 2.20. The van der Waals surface area contributed by atoms with Crippen molar-refractivity contribution in [2.75, 3.05) is 19.3 Å². The van der Waals surface area contributed by atoms with Gasteiger partial charge in [-0.05, 0) is 31.9 Å². The summed E-state index contributed by atoms with van der Waals surface area (Å²) in [6.07, 6.45) is 5.66. The lowest BCUT2D eigenvalue weighted by Gasteiger charge is -2.23. The Morgan fingerprint density at radius 1 is 1.53 bits per heavy atom. The summed E-state index contributed by atoms with van der Waals surface area (Å²) >= 11 is 1.78. The van der Waals surface area contributed by atoms with Gasteiger partial charge in [0, 0.05) is 17.8 Å². The summed E-state index contributed by atoms with van der Waals surface area (Å²) in [5, 5.41) is 11.9. The van der Waals surface area contributed by atoms with Gasteiger partial charge in [0.25, 0.3) is 0 Å². The monoisotopic (exact) mass is 258 g/mol. The van der Waals surface area contributed by atoms with Gasteiger partial charge in [0.2, 0.25) is 0 Å². The zero-order chi connectivity index (χ0) is 12.5. The fourth-order valence-corrected chi connectivity index (χ4v) is 2.92. The van der Waals surface area contributed by atoms with Gasteiger partial charge in [-0.1, -0.05) is 0 Å². The first kappa shape index (κ1) is 12.5. The molecule has 0 unspecified atom stereocenters. The van der Waals surface area contributed by atoms with Crippen LogP contribution in [0, 0.1) is 0 Å². The minimum absolute atomic E-state index is 0.216. The van der Waals surface area contributed by atoms with Gasteiger partial charge in [-0.25, -0.2) is 9.59 Å². The van der Waals surface area contributed by atoms with Crippen molar-refractivity contribution in [3.63, 3.8) is 0 Å². The van der Waals surface area contributed by atoms with E-state index in [9.17, 15) is 9.59 Å². The summed E-state index contributed by atoms with van der Waals surface area (Å²) in [6, 6.07) is -0.866. The summed E-state index contributed by atoms with van der Waals surface area (Å²) in [5.41, 5.74) is 0. The molecule has 0 aromatic carbocycles. The van der Waals surface area contributed by atoms with Crippen molar-refractivity contribution in [3.8, 4) is 0 Å². The maximum Gasteiger partial charge on any atom is 0.326 e.